The third kappa shape index (κ3) is 1.61. The predicted octanol–water partition coefficient (Wildman–Crippen LogP) is 1.61. The number of rotatable bonds is 2. The maximum Gasteiger partial charge on any atom is 0.359 e. The van der Waals surface area contributed by atoms with Crippen LogP contribution in [0.5, 0.6) is 0 Å². The third-order valence-electron chi connectivity index (χ3n) is 2.16. The van der Waals surface area contributed by atoms with Crippen LogP contribution in [-0.4, -0.2) is 22.8 Å². The quantitative estimate of drug-likeness (QED) is 0.772. The predicted molar refractivity (Wildman–Crippen MR) is 56.8 cm³/mol. The van der Waals surface area contributed by atoms with E-state index in [1.165, 1.54) is 0 Å². The number of carbonyl (C=O) groups excluding carboxylic acids is 1. The maximum atomic E-state index is 11.5. The highest BCUT2D eigenvalue weighted by atomic mass is 16.5. The van der Waals surface area contributed by atoms with Gasteiger partial charge in [0.15, 0.2) is 5.69 Å². The SMILES string of the molecule is CCOC(=O)c1n[nH]c2cc(C#N)ccc12. The smallest absolute Gasteiger partial charge is 0.359 e. The zero-order chi connectivity index (χ0) is 11.5. The summed E-state index contributed by atoms with van der Waals surface area (Å²) in [6.45, 7) is 2.05. The molecular formula is C11H9N3O2. The molecule has 1 heterocycles. The lowest BCUT2D eigenvalue weighted by molar-refractivity contribution is 0.0521. The topological polar surface area (TPSA) is 78.8 Å². The number of hydrogen-bond acceptors (Lipinski definition) is 4. The number of fused-ring (bicyclic) bond motifs is 1. The number of nitrogens with one attached hydrogen (secondary N) is 1. The number of H-pyrrole nitrogens is 1. The lowest BCUT2D eigenvalue weighted by atomic mass is 10.1. The highest BCUT2D eigenvalue weighted by Crippen LogP contribution is 2.17. The molecule has 2 rings (SSSR count). The summed E-state index contributed by atoms with van der Waals surface area (Å²) in [5, 5.41) is 16.0. The minimum atomic E-state index is -0.460. The molecule has 2 aromatic rings. The number of carbonyl (C=O) groups is 1. The van der Waals surface area contributed by atoms with Crippen molar-refractivity contribution in [3.8, 4) is 6.07 Å². The molecule has 80 valence electrons. The average Bonchev–Trinajstić information content (AvgIpc) is 2.71. The molecule has 0 fully saturated rings. The molecule has 5 heteroatoms. The van der Waals surface area contributed by atoms with Crippen LogP contribution in [0.3, 0.4) is 0 Å². The van der Waals surface area contributed by atoms with E-state index in [4.69, 9.17) is 10.00 Å². The average molecular weight is 215 g/mol. The fourth-order valence-corrected chi connectivity index (χ4v) is 1.44. The van der Waals surface area contributed by atoms with Gasteiger partial charge in [-0.15, -0.1) is 0 Å². The number of hydrogen-bond donors (Lipinski definition) is 1. The molecule has 0 radical (unpaired) electrons. The van der Waals surface area contributed by atoms with E-state index in [9.17, 15) is 4.79 Å². The first-order chi connectivity index (χ1) is 7.76. The van der Waals surface area contributed by atoms with Crippen LogP contribution >= 0.6 is 0 Å². The van der Waals surface area contributed by atoms with Crippen molar-refractivity contribution in [2.24, 2.45) is 0 Å². The summed E-state index contributed by atoms with van der Waals surface area (Å²) in [7, 11) is 0. The van der Waals surface area contributed by atoms with Crippen LogP contribution in [-0.2, 0) is 4.74 Å². The molecule has 0 saturated heterocycles. The van der Waals surface area contributed by atoms with Crippen LogP contribution in [0.1, 0.15) is 23.0 Å². The molecule has 1 aromatic heterocycles. The molecule has 0 spiro atoms. The van der Waals surface area contributed by atoms with Crippen LogP contribution < -0.4 is 0 Å². The third-order valence-corrected chi connectivity index (χ3v) is 2.16. The number of nitriles is 1. The Kier molecular flexibility index (Phi) is 2.56. The van der Waals surface area contributed by atoms with Crippen molar-refractivity contribution in [3.05, 3.63) is 29.5 Å². The first-order valence-corrected chi connectivity index (χ1v) is 4.81. The monoisotopic (exact) mass is 215 g/mol. The van der Waals surface area contributed by atoms with Crippen LogP contribution in [0, 0.1) is 11.3 Å². The largest absolute Gasteiger partial charge is 0.461 e. The number of benzene rings is 1. The molecule has 1 aromatic carbocycles. The van der Waals surface area contributed by atoms with E-state index >= 15 is 0 Å². The van der Waals surface area contributed by atoms with Crippen LogP contribution in [0.25, 0.3) is 10.9 Å². The normalized spacial score (nSPS) is 10.0. The summed E-state index contributed by atoms with van der Waals surface area (Å²) in [6.07, 6.45) is 0. The van der Waals surface area contributed by atoms with E-state index < -0.39 is 5.97 Å². The van der Waals surface area contributed by atoms with Crippen molar-refractivity contribution in [1.82, 2.24) is 10.2 Å². The summed E-state index contributed by atoms with van der Waals surface area (Å²) in [5.74, 6) is -0.460. The van der Waals surface area contributed by atoms with Crippen molar-refractivity contribution < 1.29 is 9.53 Å². The van der Waals surface area contributed by atoms with E-state index in [1.54, 1.807) is 25.1 Å². The Labute approximate surface area is 91.6 Å². The summed E-state index contributed by atoms with van der Waals surface area (Å²) in [5.41, 5.74) is 1.43. The van der Waals surface area contributed by atoms with Gasteiger partial charge in [-0.25, -0.2) is 4.79 Å². The van der Waals surface area contributed by atoms with E-state index in [-0.39, 0.29) is 5.69 Å². The summed E-state index contributed by atoms with van der Waals surface area (Å²) >= 11 is 0. The number of ether oxygens (including phenoxy) is 1. The zero-order valence-electron chi connectivity index (χ0n) is 8.65. The second-order valence-corrected chi connectivity index (χ2v) is 3.16. The zero-order valence-corrected chi connectivity index (χ0v) is 8.65. The van der Waals surface area contributed by atoms with Crippen LogP contribution in [0.15, 0.2) is 18.2 Å². The Morgan fingerprint density at radius 2 is 2.44 bits per heavy atom. The summed E-state index contributed by atoms with van der Waals surface area (Å²) < 4.78 is 4.86. The molecule has 0 amide bonds. The summed E-state index contributed by atoms with van der Waals surface area (Å²) in [6, 6.07) is 6.99. The van der Waals surface area contributed by atoms with Gasteiger partial charge in [0.2, 0.25) is 0 Å². The highest BCUT2D eigenvalue weighted by Gasteiger charge is 2.14. The van der Waals surface area contributed by atoms with Gasteiger partial charge < -0.3 is 4.74 Å². The Balaban J connectivity index is 2.50. The summed E-state index contributed by atoms with van der Waals surface area (Å²) in [4.78, 5) is 11.5. The van der Waals surface area contributed by atoms with Crippen LogP contribution in [0.4, 0.5) is 0 Å². The molecule has 16 heavy (non-hydrogen) atoms. The Hall–Kier alpha value is -2.35. The Bertz CT molecular complexity index is 580. The van der Waals surface area contributed by atoms with Gasteiger partial charge in [-0.1, -0.05) is 0 Å². The molecule has 0 aliphatic heterocycles. The van der Waals surface area contributed by atoms with Gasteiger partial charge in [0.25, 0.3) is 0 Å². The second-order valence-electron chi connectivity index (χ2n) is 3.16. The van der Waals surface area contributed by atoms with Crippen molar-refractivity contribution in [1.29, 1.82) is 5.26 Å². The Morgan fingerprint density at radius 1 is 1.62 bits per heavy atom. The number of nitrogens with zero attached hydrogens (tertiary/aromatic N) is 2. The minimum absolute atomic E-state index is 0.251. The van der Waals surface area contributed by atoms with Gasteiger partial charge in [0.05, 0.1) is 23.8 Å². The van der Waals surface area contributed by atoms with Gasteiger partial charge >= 0.3 is 5.97 Å². The van der Waals surface area contributed by atoms with E-state index in [2.05, 4.69) is 10.2 Å². The minimum Gasteiger partial charge on any atom is -0.461 e. The van der Waals surface area contributed by atoms with Crippen LogP contribution in [0.2, 0.25) is 0 Å². The fraction of sp³-hybridized carbons (Fsp3) is 0.182. The first kappa shape index (κ1) is 10.2. The van der Waals surface area contributed by atoms with Gasteiger partial charge in [-0.2, -0.15) is 10.4 Å². The maximum absolute atomic E-state index is 11.5. The van der Waals surface area contributed by atoms with E-state index in [1.807, 2.05) is 6.07 Å². The molecule has 0 atom stereocenters. The van der Waals surface area contributed by atoms with Gasteiger partial charge in [-0.3, -0.25) is 5.10 Å². The van der Waals surface area contributed by atoms with Crippen molar-refractivity contribution in [2.75, 3.05) is 6.61 Å². The van der Waals surface area contributed by atoms with E-state index in [0.29, 0.717) is 23.1 Å². The highest BCUT2D eigenvalue weighted by molar-refractivity contribution is 6.02. The molecule has 0 bridgehead atoms. The lowest BCUT2D eigenvalue weighted by Crippen LogP contribution is -2.05. The van der Waals surface area contributed by atoms with Gasteiger partial charge in [0.1, 0.15) is 0 Å². The van der Waals surface area contributed by atoms with Crippen molar-refractivity contribution in [2.45, 2.75) is 6.92 Å². The number of aromatic amines is 1. The second kappa shape index (κ2) is 4.03. The Morgan fingerprint density at radius 3 is 3.12 bits per heavy atom. The molecular weight excluding hydrogens is 206 g/mol. The number of aromatic nitrogens is 2. The molecule has 0 unspecified atom stereocenters. The van der Waals surface area contributed by atoms with Crippen molar-refractivity contribution in [3.63, 3.8) is 0 Å². The lowest BCUT2D eigenvalue weighted by Gasteiger charge is -1.97. The first-order valence-electron chi connectivity index (χ1n) is 4.81. The molecule has 0 saturated carbocycles. The fourth-order valence-electron chi connectivity index (χ4n) is 1.44. The molecule has 0 aliphatic carbocycles. The standard InChI is InChI=1S/C11H9N3O2/c1-2-16-11(15)10-8-4-3-7(6-12)5-9(8)13-14-10/h3-5H,2H2,1H3,(H,13,14). The van der Waals surface area contributed by atoms with Crippen molar-refractivity contribution >= 4 is 16.9 Å². The number of esters is 1. The van der Waals surface area contributed by atoms with Gasteiger partial charge in [-0.05, 0) is 25.1 Å². The molecule has 1 N–H and O–H groups in total. The van der Waals surface area contributed by atoms with Gasteiger partial charge in [0, 0.05) is 5.39 Å². The molecule has 5 nitrogen and oxygen atoms in total. The molecule has 0 aliphatic rings. The van der Waals surface area contributed by atoms with E-state index in [0.717, 1.165) is 0 Å².